The van der Waals surface area contributed by atoms with Gasteiger partial charge < -0.3 is 19.2 Å². The highest BCUT2D eigenvalue weighted by Crippen LogP contribution is 2.38. The molecule has 0 aliphatic rings. The molecule has 0 unspecified atom stereocenters. The van der Waals surface area contributed by atoms with Crippen molar-refractivity contribution in [2.75, 3.05) is 13.4 Å². The SMILES string of the molecule is COc1cc(-c2nc(-c3nnc(SC)o3)cc3c2[nH]c2ccccc23)ccc1O. The van der Waals surface area contributed by atoms with Gasteiger partial charge in [-0.25, -0.2) is 4.98 Å². The number of hydrogen-bond donors (Lipinski definition) is 2. The number of ether oxygens (including phenoxy) is 1. The number of para-hydroxylation sites is 1. The summed E-state index contributed by atoms with van der Waals surface area (Å²) in [5.74, 6) is 0.803. The number of H-pyrrole nitrogens is 1. The van der Waals surface area contributed by atoms with E-state index in [-0.39, 0.29) is 5.75 Å². The lowest BCUT2D eigenvalue weighted by Gasteiger charge is -2.08. The molecule has 0 aliphatic heterocycles. The molecule has 0 saturated heterocycles. The normalized spacial score (nSPS) is 11.4. The summed E-state index contributed by atoms with van der Waals surface area (Å²) in [6.45, 7) is 0. The Hall–Kier alpha value is -3.52. The quantitative estimate of drug-likeness (QED) is 0.413. The average molecular weight is 404 g/mol. The summed E-state index contributed by atoms with van der Waals surface area (Å²) in [4.78, 5) is 8.27. The summed E-state index contributed by atoms with van der Waals surface area (Å²) in [6.07, 6.45) is 1.88. The first-order chi connectivity index (χ1) is 14.2. The van der Waals surface area contributed by atoms with E-state index < -0.39 is 0 Å². The van der Waals surface area contributed by atoms with E-state index in [2.05, 4.69) is 21.2 Å². The Bertz CT molecular complexity index is 1360. The lowest BCUT2D eigenvalue weighted by molar-refractivity contribution is 0.373. The molecule has 0 amide bonds. The number of rotatable bonds is 4. The molecule has 0 fully saturated rings. The van der Waals surface area contributed by atoms with Crippen molar-refractivity contribution in [3.63, 3.8) is 0 Å². The molecule has 2 aromatic carbocycles. The van der Waals surface area contributed by atoms with Crippen molar-refractivity contribution in [3.8, 4) is 34.3 Å². The van der Waals surface area contributed by atoms with E-state index >= 15 is 0 Å². The van der Waals surface area contributed by atoms with E-state index in [1.54, 1.807) is 18.2 Å². The maximum absolute atomic E-state index is 9.98. The molecule has 0 bridgehead atoms. The third-order valence-electron chi connectivity index (χ3n) is 4.75. The predicted octanol–water partition coefficient (Wildman–Crippen LogP) is 4.87. The maximum atomic E-state index is 9.98. The molecule has 29 heavy (non-hydrogen) atoms. The monoisotopic (exact) mass is 404 g/mol. The van der Waals surface area contributed by atoms with Gasteiger partial charge in [-0.15, -0.1) is 10.2 Å². The first-order valence-electron chi connectivity index (χ1n) is 8.84. The molecule has 0 spiro atoms. The smallest absolute Gasteiger partial charge is 0.276 e. The molecule has 5 aromatic rings. The fourth-order valence-corrected chi connectivity index (χ4v) is 3.67. The van der Waals surface area contributed by atoms with E-state index in [4.69, 9.17) is 14.1 Å². The predicted molar refractivity (Wildman–Crippen MR) is 112 cm³/mol. The zero-order valence-electron chi connectivity index (χ0n) is 15.6. The Morgan fingerprint density at radius 1 is 1.07 bits per heavy atom. The number of pyridine rings is 1. The van der Waals surface area contributed by atoms with Gasteiger partial charge in [-0.3, -0.25) is 0 Å². The highest BCUT2D eigenvalue weighted by atomic mass is 32.2. The third-order valence-corrected chi connectivity index (χ3v) is 5.26. The fraction of sp³-hybridized carbons (Fsp3) is 0.0952. The van der Waals surface area contributed by atoms with Crippen LogP contribution in [-0.4, -0.2) is 38.6 Å². The van der Waals surface area contributed by atoms with Crippen LogP contribution in [0.2, 0.25) is 0 Å². The molecular weight excluding hydrogens is 388 g/mol. The van der Waals surface area contributed by atoms with Crippen LogP contribution in [0.4, 0.5) is 0 Å². The molecule has 2 N–H and O–H groups in total. The number of fused-ring (bicyclic) bond motifs is 3. The van der Waals surface area contributed by atoms with Gasteiger partial charge in [-0.1, -0.05) is 30.0 Å². The number of nitrogens with zero attached hydrogens (tertiary/aromatic N) is 3. The van der Waals surface area contributed by atoms with Crippen LogP contribution in [0, 0.1) is 0 Å². The minimum atomic E-state index is 0.0711. The summed E-state index contributed by atoms with van der Waals surface area (Å²) >= 11 is 1.38. The fourth-order valence-electron chi connectivity index (χ4n) is 3.38. The number of thioether (sulfide) groups is 1. The number of aromatic hydroxyl groups is 1. The topological polar surface area (TPSA) is 97.1 Å². The zero-order valence-corrected chi connectivity index (χ0v) is 16.4. The van der Waals surface area contributed by atoms with Crippen LogP contribution in [0.5, 0.6) is 11.5 Å². The number of aromatic amines is 1. The molecule has 7 nitrogen and oxygen atoms in total. The van der Waals surface area contributed by atoms with Gasteiger partial charge in [0.05, 0.1) is 18.3 Å². The van der Waals surface area contributed by atoms with E-state index in [0.29, 0.717) is 28.3 Å². The first kappa shape index (κ1) is 17.6. The number of aromatic nitrogens is 4. The summed E-state index contributed by atoms with van der Waals surface area (Å²) in [5, 5.41) is 20.7. The second-order valence-electron chi connectivity index (χ2n) is 6.41. The van der Waals surface area contributed by atoms with Crippen molar-refractivity contribution in [3.05, 3.63) is 48.5 Å². The molecule has 144 valence electrons. The summed E-state index contributed by atoms with van der Waals surface area (Å²) in [6, 6.07) is 15.2. The number of phenols is 1. The summed E-state index contributed by atoms with van der Waals surface area (Å²) in [7, 11) is 1.52. The van der Waals surface area contributed by atoms with Gasteiger partial charge in [-0.2, -0.15) is 0 Å². The van der Waals surface area contributed by atoms with Crippen LogP contribution < -0.4 is 4.74 Å². The lowest BCUT2D eigenvalue weighted by atomic mass is 10.1. The molecule has 3 aromatic heterocycles. The lowest BCUT2D eigenvalue weighted by Crippen LogP contribution is -1.92. The molecular formula is C21H16N4O3S. The Labute approximate surface area is 169 Å². The van der Waals surface area contributed by atoms with Crippen molar-refractivity contribution in [2.24, 2.45) is 0 Å². The summed E-state index contributed by atoms with van der Waals surface area (Å²) in [5.41, 5.74) is 3.96. The Morgan fingerprint density at radius 3 is 2.72 bits per heavy atom. The van der Waals surface area contributed by atoms with Gasteiger partial charge in [0.2, 0.25) is 0 Å². The minimum Gasteiger partial charge on any atom is -0.504 e. The van der Waals surface area contributed by atoms with Crippen molar-refractivity contribution in [1.82, 2.24) is 20.2 Å². The number of phenolic OH excluding ortho intramolecular Hbond substituents is 1. The van der Waals surface area contributed by atoms with Crippen LogP contribution in [-0.2, 0) is 0 Å². The average Bonchev–Trinajstić information content (AvgIpc) is 3.38. The van der Waals surface area contributed by atoms with Crippen molar-refractivity contribution in [2.45, 2.75) is 5.22 Å². The van der Waals surface area contributed by atoms with Crippen LogP contribution in [0.15, 0.2) is 58.2 Å². The first-order valence-corrected chi connectivity index (χ1v) is 10.1. The van der Waals surface area contributed by atoms with Gasteiger partial charge in [-0.05, 0) is 36.6 Å². The highest BCUT2D eigenvalue weighted by molar-refractivity contribution is 7.98. The summed E-state index contributed by atoms with van der Waals surface area (Å²) < 4.78 is 11.0. The number of benzene rings is 2. The number of hydrogen-bond acceptors (Lipinski definition) is 7. The van der Waals surface area contributed by atoms with Gasteiger partial charge in [0.15, 0.2) is 11.5 Å². The van der Waals surface area contributed by atoms with Crippen LogP contribution in [0.1, 0.15) is 0 Å². The minimum absolute atomic E-state index is 0.0711. The van der Waals surface area contributed by atoms with Crippen LogP contribution in [0.3, 0.4) is 0 Å². The zero-order chi connectivity index (χ0) is 20.0. The molecule has 5 rings (SSSR count). The maximum Gasteiger partial charge on any atom is 0.276 e. The second-order valence-corrected chi connectivity index (χ2v) is 7.17. The molecule has 8 heteroatoms. The Balaban J connectivity index is 1.83. The number of nitrogens with one attached hydrogen (secondary N) is 1. The standard InChI is InChI=1S/C21H16N4O3S/c1-27-17-9-11(7-8-16(17)26)18-19-13(12-5-3-4-6-14(12)22-19)10-15(23-18)20-24-25-21(28-20)29-2/h3-10,22,26H,1-2H3. The van der Waals surface area contributed by atoms with E-state index in [9.17, 15) is 5.11 Å². The van der Waals surface area contributed by atoms with Crippen LogP contribution >= 0.6 is 11.8 Å². The molecule has 3 heterocycles. The van der Waals surface area contributed by atoms with E-state index in [0.717, 1.165) is 27.4 Å². The van der Waals surface area contributed by atoms with Crippen molar-refractivity contribution in [1.29, 1.82) is 0 Å². The molecule has 0 radical (unpaired) electrons. The molecule has 0 atom stereocenters. The van der Waals surface area contributed by atoms with Crippen molar-refractivity contribution >= 4 is 33.6 Å². The highest BCUT2D eigenvalue weighted by Gasteiger charge is 2.18. The molecule has 0 aliphatic carbocycles. The largest absolute Gasteiger partial charge is 0.504 e. The third kappa shape index (κ3) is 2.89. The van der Waals surface area contributed by atoms with E-state index in [1.807, 2.05) is 30.5 Å². The number of methoxy groups -OCH3 is 1. The van der Waals surface area contributed by atoms with Gasteiger partial charge >= 0.3 is 0 Å². The second kappa shape index (κ2) is 6.82. The van der Waals surface area contributed by atoms with Gasteiger partial charge in [0.25, 0.3) is 11.1 Å². The Kier molecular flexibility index (Phi) is 4.13. The van der Waals surface area contributed by atoms with E-state index in [1.165, 1.54) is 18.9 Å². The molecule has 0 saturated carbocycles. The van der Waals surface area contributed by atoms with Crippen LogP contribution in [0.25, 0.3) is 44.6 Å². The van der Waals surface area contributed by atoms with Crippen molar-refractivity contribution < 1.29 is 14.3 Å². The van der Waals surface area contributed by atoms with Gasteiger partial charge in [0.1, 0.15) is 5.69 Å². The Morgan fingerprint density at radius 2 is 1.93 bits per heavy atom. The van der Waals surface area contributed by atoms with Gasteiger partial charge in [0, 0.05) is 21.9 Å².